The van der Waals surface area contributed by atoms with Gasteiger partial charge in [-0.1, -0.05) is 61.2 Å². The summed E-state index contributed by atoms with van der Waals surface area (Å²) in [6.07, 6.45) is 10.6. The Hall–Kier alpha value is -4.39. The van der Waals surface area contributed by atoms with E-state index in [4.69, 9.17) is 4.74 Å². The minimum Gasteiger partial charge on any atom is -0.503 e. The topological polar surface area (TPSA) is 84.7 Å². The largest absolute Gasteiger partial charge is 0.503 e. The van der Waals surface area contributed by atoms with Crippen molar-refractivity contribution >= 4 is 17.8 Å². The Morgan fingerprint density at radius 2 is 1.97 bits per heavy atom. The standard InChI is InChI=1S/C28H27N3O4/c1-2-18-35-23-11-6-10-22(19-23)26-25(24(32)13-12-21-8-4-3-5-9-21)27(33)28(34)31(26)16-7-15-30-17-14-29-20-30/h2-6,8-14,17,19-20,26,33H,1,7,15-16,18H2. The summed E-state index contributed by atoms with van der Waals surface area (Å²) in [5.41, 5.74) is 1.59. The van der Waals surface area contributed by atoms with E-state index in [0.29, 0.717) is 37.4 Å². The van der Waals surface area contributed by atoms with E-state index in [1.54, 1.807) is 47.8 Å². The SMILES string of the molecule is C=CCOc1cccc(C2C(C(=O)C=Cc3ccccc3)=C(O)C(=O)N2CCCn2ccnc2)c1. The van der Waals surface area contributed by atoms with Gasteiger partial charge in [0.1, 0.15) is 12.4 Å². The molecular formula is C28H27N3O4. The van der Waals surface area contributed by atoms with E-state index in [0.717, 1.165) is 5.56 Å². The quantitative estimate of drug-likeness (QED) is 0.330. The van der Waals surface area contributed by atoms with E-state index in [2.05, 4.69) is 11.6 Å². The minimum absolute atomic E-state index is 0.0608. The van der Waals surface area contributed by atoms with Crippen LogP contribution in [0.3, 0.4) is 0 Å². The lowest BCUT2D eigenvalue weighted by Crippen LogP contribution is -2.32. The third kappa shape index (κ3) is 5.58. The zero-order valence-electron chi connectivity index (χ0n) is 19.3. The summed E-state index contributed by atoms with van der Waals surface area (Å²) in [7, 11) is 0. The Kier molecular flexibility index (Phi) is 7.57. The number of benzene rings is 2. The molecule has 1 N–H and O–H groups in total. The Labute approximate surface area is 204 Å². The molecule has 1 aliphatic rings. The monoisotopic (exact) mass is 469 g/mol. The number of rotatable bonds is 11. The van der Waals surface area contributed by atoms with Crippen LogP contribution in [0.25, 0.3) is 6.08 Å². The number of hydrogen-bond acceptors (Lipinski definition) is 5. The van der Waals surface area contributed by atoms with Crippen molar-refractivity contribution in [2.45, 2.75) is 19.0 Å². The van der Waals surface area contributed by atoms with Gasteiger partial charge in [-0.15, -0.1) is 0 Å². The molecule has 1 amide bonds. The van der Waals surface area contributed by atoms with Gasteiger partial charge in [0.05, 0.1) is 17.9 Å². The number of ether oxygens (including phenoxy) is 1. The number of nitrogens with zero attached hydrogens (tertiary/aromatic N) is 3. The van der Waals surface area contributed by atoms with Gasteiger partial charge in [0.15, 0.2) is 11.5 Å². The average Bonchev–Trinajstić information content (AvgIpc) is 3.49. The maximum atomic E-state index is 13.3. The van der Waals surface area contributed by atoms with Gasteiger partial charge in [0.2, 0.25) is 0 Å². The van der Waals surface area contributed by atoms with Crippen LogP contribution in [-0.4, -0.2) is 44.4 Å². The fraction of sp³-hybridized carbons (Fsp3) is 0.179. The molecule has 0 radical (unpaired) electrons. The summed E-state index contributed by atoms with van der Waals surface area (Å²) in [6.45, 7) is 4.99. The molecule has 0 spiro atoms. The normalized spacial score (nSPS) is 15.7. The molecule has 0 saturated carbocycles. The average molecular weight is 470 g/mol. The van der Waals surface area contributed by atoms with Crippen molar-refractivity contribution in [3.05, 3.63) is 115 Å². The number of allylic oxidation sites excluding steroid dienone is 1. The first-order chi connectivity index (χ1) is 17.1. The van der Waals surface area contributed by atoms with E-state index < -0.39 is 23.5 Å². The number of carbonyl (C=O) groups excluding carboxylic acids is 2. The fourth-order valence-corrected chi connectivity index (χ4v) is 4.08. The molecule has 1 aromatic heterocycles. The second-order valence-electron chi connectivity index (χ2n) is 8.10. The van der Waals surface area contributed by atoms with Gasteiger partial charge in [-0.3, -0.25) is 9.59 Å². The van der Waals surface area contributed by atoms with E-state index in [1.807, 2.05) is 47.2 Å². The van der Waals surface area contributed by atoms with Crippen molar-refractivity contribution in [1.82, 2.24) is 14.5 Å². The van der Waals surface area contributed by atoms with Crippen molar-refractivity contribution in [3.8, 4) is 5.75 Å². The molecule has 0 saturated heterocycles. The molecule has 2 heterocycles. The number of hydrogen-bond donors (Lipinski definition) is 1. The van der Waals surface area contributed by atoms with Gasteiger partial charge in [-0.05, 0) is 35.8 Å². The van der Waals surface area contributed by atoms with Crippen LogP contribution in [0.5, 0.6) is 5.75 Å². The Balaban J connectivity index is 1.64. The molecule has 3 aromatic rings. The van der Waals surface area contributed by atoms with Gasteiger partial charge in [0, 0.05) is 25.5 Å². The van der Waals surface area contributed by atoms with Crippen LogP contribution in [0.15, 0.2) is 103 Å². The predicted molar refractivity (Wildman–Crippen MR) is 134 cm³/mol. The Bertz CT molecular complexity index is 1250. The molecule has 2 aromatic carbocycles. The minimum atomic E-state index is -0.731. The molecule has 0 fully saturated rings. The van der Waals surface area contributed by atoms with Gasteiger partial charge in [-0.25, -0.2) is 4.98 Å². The second-order valence-corrected chi connectivity index (χ2v) is 8.10. The lowest BCUT2D eigenvalue weighted by atomic mass is 9.95. The smallest absolute Gasteiger partial charge is 0.290 e. The van der Waals surface area contributed by atoms with Gasteiger partial charge in [-0.2, -0.15) is 0 Å². The van der Waals surface area contributed by atoms with Crippen LogP contribution in [0.2, 0.25) is 0 Å². The summed E-state index contributed by atoms with van der Waals surface area (Å²) in [6, 6.07) is 15.9. The summed E-state index contributed by atoms with van der Waals surface area (Å²) in [5.74, 6) is -0.905. The summed E-state index contributed by atoms with van der Waals surface area (Å²) in [4.78, 5) is 32.0. The highest BCUT2D eigenvalue weighted by Crippen LogP contribution is 2.39. The Morgan fingerprint density at radius 1 is 1.14 bits per heavy atom. The first-order valence-electron chi connectivity index (χ1n) is 11.4. The van der Waals surface area contributed by atoms with Crippen LogP contribution in [0.4, 0.5) is 0 Å². The predicted octanol–water partition coefficient (Wildman–Crippen LogP) is 4.52. The molecule has 35 heavy (non-hydrogen) atoms. The first kappa shape index (κ1) is 23.8. The number of ketones is 1. The summed E-state index contributed by atoms with van der Waals surface area (Å²) in [5, 5.41) is 10.8. The second kappa shape index (κ2) is 11.2. The van der Waals surface area contributed by atoms with E-state index in [-0.39, 0.29) is 5.57 Å². The van der Waals surface area contributed by atoms with Crippen molar-refractivity contribution in [3.63, 3.8) is 0 Å². The van der Waals surface area contributed by atoms with Crippen LogP contribution in [0.1, 0.15) is 23.6 Å². The third-order valence-electron chi connectivity index (χ3n) is 5.71. The van der Waals surface area contributed by atoms with Gasteiger partial charge >= 0.3 is 0 Å². The van der Waals surface area contributed by atoms with Crippen molar-refractivity contribution in [2.24, 2.45) is 0 Å². The van der Waals surface area contributed by atoms with Crippen LogP contribution in [0, 0.1) is 0 Å². The maximum absolute atomic E-state index is 13.3. The molecule has 1 aliphatic heterocycles. The molecule has 7 heteroatoms. The zero-order valence-corrected chi connectivity index (χ0v) is 19.3. The van der Waals surface area contributed by atoms with Crippen molar-refractivity contribution in [2.75, 3.05) is 13.2 Å². The van der Waals surface area contributed by atoms with Crippen LogP contribution in [-0.2, 0) is 16.1 Å². The zero-order chi connectivity index (χ0) is 24.6. The third-order valence-corrected chi connectivity index (χ3v) is 5.71. The lowest BCUT2D eigenvalue weighted by molar-refractivity contribution is -0.129. The molecule has 0 bridgehead atoms. The summed E-state index contributed by atoms with van der Waals surface area (Å²) < 4.78 is 7.58. The fourth-order valence-electron chi connectivity index (χ4n) is 4.08. The molecule has 1 atom stereocenters. The molecule has 0 aliphatic carbocycles. The number of aryl methyl sites for hydroxylation is 1. The van der Waals surface area contributed by atoms with Crippen LogP contribution >= 0.6 is 0 Å². The van der Waals surface area contributed by atoms with E-state index in [1.165, 1.54) is 6.08 Å². The molecule has 178 valence electrons. The number of aliphatic hydroxyl groups is 1. The highest BCUT2D eigenvalue weighted by Gasteiger charge is 2.42. The van der Waals surface area contributed by atoms with E-state index in [9.17, 15) is 14.7 Å². The Morgan fingerprint density at radius 3 is 2.71 bits per heavy atom. The van der Waals surface area contributed by atoms with Crippen LogP contribution < -0.4 is 4.74 Å². The summed E-state index contributed by atoms with van der Waals surface area (Å²) >= 11 is 0. The van der Waals surface area contributed by atoms with Crippen molar-refractivity contribution < 1.29 is 19.4 Å². The van der Waals surface area contributed by atoms with Gasteiger partial charge < -0.3 is 19.3 Å². The number of aromatic nitrogens is 2. The number of imidazole rings is 1. The van der Waals surface area contributed by atoms with E-state index >= 15 is 0 Å². The number of amides is 1. The molecule has 1 unspecified atom stereocenters. The molecular weight excluding hydrogens is 442 g/mol. The number of carbonyl (C=O) groups is 2. The molecule has 7 nitrogen and oxygen atoms in total. The number of aliphatic hydroxyl groups excluding tert-OH is 1. The lowest BCUT2D eigenvalue weighted by Gasteiger charge is -2.27. The highest BCUT2D eigenvalue weighted by atomic mass is 16.5. The van der Waals surface area contributed by atoms with Crippen molar-refractivity contribution in [1.29, 1.82) is 0 Å². The highest BCUT2D eigenvalue weighted by molar-refractivity contribution is 6.14. The van der Waals surface area contributed by atoms with Gasteiger partial charge in [0.25, 0.3) is 5.91 Å². The molecule has 4 rings (SSSR count). The maximum Gasteiger partial charge on any atom is 0.290 e. The first-order valence-corrected chi connectivity index (χ1v) is 11.4.